The van der Waals surface area contributed by atoms with Gasteiger partial charge in [-0.1, -0.05) is 30.4 Å². The second-order valence-electron chi connectivity index (χ2n) is 4.28. The molecular formula is C15H12N2O3. The number of benzene rings is 2. The minimum atomic E-state index is 0.395. The van der Waals surface area contributed by atoms with Gasteiger partial charge in [0, 0.05) is 11.2 Å². The van der Waals surface area contributed by atoms with Crippen LogP contribution in [0.25, 0.3) is 23.2 Å². The average Bonchev–Trinajstić information content (AvgIpc) is 2.87. The van der Waals surface area contributed by atoms with E-state index in [1.807, 2.05) is 42.5 Å². The molecule has 0 bridgehead atoms. The minimum Gasteiger partial charge on any atom is -0.497 e. The molecule has 0 aliphatic rings. The number of nitrogens with zero attached hydrogens (tertiary/aromatic N) is 2. The lowest BCUT2D eigenvalue weighted by Gasteiger charge is -1.99. The van der Waals surface area contributed by atoms with Gasteiger partial charge in [0.05, 0.1) is 7.11 Å². The smallest absolute Gasteiger partial charge is 0.249 e. The third-order valence-electron chi connectivity index (χ3n) is 2.99. The summed E-state index contributed by atoms with van der Waals surface area (Å²) in [4.78, 5) is 0.395. The molecule has 2 aromatic carbocycles. The van der Waals surface area contributed by atoms with Gasteiger partial charge in [0.25, 0.3) is 0 Å². The summed E-state index contributed by atoms with van der Waals surface area (Å²) in [6, 6.07) is 13.1. The Morgan fingerprint density at radius 2 is 1.80 bits per heavy atom. The SMILES string of the molecule is COc1ccc(/C=C/c2ccc3c(c2)no[n+]3[O-])cc1. The Bertz CT molecular complexity index is 760. The van der Waals surface area contributed by atoms with E-state index in [2.05, 4.69) is 9.79 Å². The molecule has 0 radical (unpaired) electrons. The molecule has 0 saturated heterocycles. The van der Waals surface area contributed by atoms with Gasteiger partial charge < -0.3 is 9.94 Å². The van der Waals surface area contributed by atoms with E-state index in [0.717, 1.165) is 16.9 Å². The van der Waals surface area contributed by atoms with Crippen LogP contribution < -0.4 is 9.64 Å². The number of rotatable bonds is 3. The van der Waals surface area contributed by atoms with Gasteiger partial charge in [-0.15, -0.1) is 0 Å². The van der Waals surface area contributed by atoms with Gasteiger partial charge in [-0.2, -0.15) is 0 Å². The number of methoxy groups -OCH3 is 1. The molecule has 1 aromatic heterocycles. The fourth-order valence-electron chi connectivity index (χ4n) is 1.90. The van der Waals surface area contributed by atoms with Crippen molar-refractivity contribution in [2.24, 2.45) is 0 Å². The molecule has 5 heteroatoms. The zero-order chi connectivity index (χ0) is 13.9. The zero-order valence-electron chi connectivity index (χ0n) is 10.8. The van der Waals surface area contributed by atoms with E-state index in [1.165, 1.54) is 0 Å². The van der Waals surface area contributed by atoms with Gasteiger partial charge in [-0.3, -0.25) is 4.63 Å². The van der Waals surface area contributed by atoms with Crippen LogP contribution in [-0.2, 0) is 0 Å². The first-order valence-electron chi connectivity index (χ1n) is 6.08. The van der Waals surface area contributed by atoms with Crippen LogP contribution in [0.4, 0.5) is 0 Å². The highest BCUT2D eigenvalue weighted by Gasteiger charge is 2.07. The number of fused-ring (bicyclic) bond motifs is 1. The fraction of sp³-hybridized carbons (Fsp3) is 0.0667. The summed E-state index contributed by atoms with van der Waals surface area (Å²) in [5.41, 5.74) is 2.97. The molecule has 0 aliphatic heterocycles. The molecule has 1 heterocycles. The molecule has 100 valence electrons. The van der Waals surface area contributed by atoms with Crippen molar-refractivity contribution in [1.29, 1.82) is 0 Å². The molecule has 5 nitrogen and oxygen atoms in total. The zero-order valence-corrected chi connectivity index (χ0v) is 10.8. The lowest BCUT2D eigenvalue weighted by Crippen LogP contribution is -2.22. The van der Waals surface area contributed by atoms with E-state index in [9.17, 15) is 5.21 Å². The summed E-state index contributed by atoms with van der Waals surface area (Å²) in [6.45, 7) is 0. The number of hydrogen-bond acceptors (Lipinski definition) is 4. The van der Waals surface area contributed by atoms with Crippen molar-refractivity contribution < 1.29 is 14.3 Å². The molecule has 3 aromatic rings. The predicted molar refractivity (Wildman–Crippen MR) is 74.9 cm³/mol. The van der Waals surface area contributed by atoms with Crippen LogP contribution in [0.2, 0.25) is 0 Å². The molecular weight excluding hydrogens is 256 g/mol. The predicted octanol–water partition coefficient (Wildman–Crippen LogP) is 2.64. The van der Waals surface area contributed by atoms with Gasteiger partial charge in [0.15, 0.2) is 0 Å². The Morgan fingerprint density at radius 3 is 2.55 bits per heavy atom. The second kappa shape index (κ2) is 5.05. The van der Waals surface area contributed by atoms with E-state index < -0.39 is 0 Å². The topological polar surface area (TPSA) is 62.2 Å². The largest absolute Gasteiger partial charge is 0.497 e. The lowest BCUT2D eigenvalue weighted by atomic mass is 10.1. The van der Waals surface area contributed by atoms with E-state index >= 15 is 0 Å². The first-order chi connectivity index (χ1) is 9.76. The Morgan fingerprint density at radius 1 is 1.10 bits per heavy atom. The van der Waals surface area contributed by atoms with Crippen molar-refractivity contribution >= 4 is 23.2 Å². The van der Waals surface area contributed by atoms with Gasteiger partial charge in [-0.25, -0.2) is 0 Å². The van der Waals surface area contributed by atoms with Crippen molar-refractivity contribution in [1.82, 2.24) is 5.16 Å². The van der Waals surface area contributed by atoms with Crippen molar-refractivity contribution in [3.8, 4) is 5.75 Å². The van der Waals surface area contributed by atoms with E-state index in [4.69, 9.17) is 4.74 Å². The van der Waals surface area contributed by atoms with Gasteiger partial charge in [-0.05, 0) is 34.2 Å². The number of aromatic nitrogens is 2. The fourth-order valence-corrected chi connectivity index (χ4v) is 1.90. The maximum absolute atomic E-state index is 11.2. The summed E-state index contributed by atoms with van der Waals surface area (Å²) in [7, 11) is 1.64. The van der Waals surface area contributed by atoms with Crippen LogP contribution in [0.15, 0.2) is 47.1 Å². The maximum atomic E-state index is 11.2. The summed E-state index contributed by atoms with van der Waals surface area (Å²) < 4.78 is 9.64. The summed E-state index contributed by atoms with van der Waals surface area (Å²) in [6.07, 6.45) is 3.93. The Balaban J connectivity index is 1.85. The van der Waals surface area contributed by atoms with Crippen LogP contribution in [0.1, 0.15) is 11.1 Å². The average molecular weight is 268 g/mol. The Hall–Kier alpha value is -2.82. The molecule has 0 N–H and O–H groups in total. The van der Waals surface area contributed by atoms with Crippen LogP contribution in [0, 0.1) is 5.21 Å². The van der Waals surface area contributed by atoms with Gasteiger partial charge in [0.2, 0.25) is 11.0 Å². The quantitative estimate of drug-likeness (QED) is 0.541. The molecule has 0 saturated carbocycles. The van der Waals surface area contributed by atoms with Crippen molar-refractivity contribution in [2.45, 2.75) is 0 Å². The Labute approximate surface area is 115 Å². The Kier molecular flexibility index (Phi) is 3.09. The number of ether oxygens (including phenoxy) is 1. The van der Waals surface area contributed by atoms with Gasteiger partial charge in [0.1, 0.15) is 5.75 Å². The first kappa shape index (κ1) is 12.2. The third kappa shape index (κ3) is 2.33. The first-order valence-corrected chi connectivity index (χ1v) is 6.08. The summed E-state index contributed by atoms with van der Waals surface area (Å²) in [5, 5.41) is 14.9. The highest BCUT2D eigenvalue weighted by molar-refractivity contribution is 5.78. The van der Waals surface area contributed by atoms with Crippen LogP contribution in [-0.4, -0.2) is 12.3 Å². The molecule has 0 fully saturated rings. The molecule has 0 aliphatic carbocycles. The number of hydrogen-bond donors (Lipinski definition) is 0. The van der Waals surface area contributed by atoms with Crippen LogP contribution in [0.5, 0.6) is 5.75 Å². The second-order valence-corrected chi connectivity index (χ2v) is 4.28. The van der Waals surface area contributed by atoms with Crippen molar-refractivity contribution in [3.05, 3.63) is 58.8 Å². The summed E-state index contributed by atoms with van der Waals surface area (Å²) >= 11 is 0. The highest BCUT2D eigenvalue weighted by Crippen LogP contribution is 2.16. The summed E-state index contributed by atoms with van der Waals surface area (Å²) in [5.74, 6) is 0.825. The van der Waals surface area contributed by atoms with Crippen LogP contribution in [0.3, 0.4) is 0 Å². The van der Waals surface area contributed by atoms with Crippen molar-refractivity contribution in [2.75, 3.05) is 7.11 Å². The standard InChI is InChI=1S/C15H12N2O3/c1-19-13-7-4-11(5-8-13)2-3-12-6-9-15-14(10-12)16-20-17(15)18/h2-10H,1H3/b3-2+. The van der Waals surface area contributed by atoms with Crippen LogP contribution >= 0.6 is 0 Å². The van der Waals surface area contributed by atoms with E-state index in [-0.39, 0.29) is 0 Å². The lowest BCUT2D eigenvalue weighted by molar-refractivity contribution is -0.782. The molecule has 0 atom stereocenters. The molecule has 0 spiro atoms. The van der Waals surface area contributed by atoms with E-state index in [1.54, 1.807) is 19.2 Å². The van der Waals surface area contributed by atoms with E-state index in [0.29, 0.717) is 15.9 Å². The highest BCUT2D eigenvalue weighted by atomic mass is 16.8. The van der Waals surface area contributed by atoms with Gasteiger partial charge >= 0.3 is 0 Å². The minimum absolute atomic E-state index is 0.395. The maximum Gasteiger partial charge on any atom is 0.249 e. The molecule has 0 unspecified atom stereocenters. The molecule has 20 heavy (non-hydrogen) atoms. The van der Waals surface area contributed by atoms with Crippen molar-refractivity contribution in [3.63, 3.8) is 0 Å². The molecule has 0 amide bonds. The molecule has 3 rings (SSSR count). The normalized spacial score (nSPS) is 11.2. The third-order valence-corrected chi connectivity index (χ3v) is 2.99. The monoisotopic (exact) mass is 268 g/mol.